The maximum Gasteiger partial charge on any atom is 0.0574 e. The van der Waals surface area contributed by atoms with Gasteiger partial charge in [0.1, 0.15) is 0 Å². The van der Waals surface area contributed by atoms with Gasteiger partial charge in [0, 0.05) is 0 Å². The minimum Gasteiger partial charge on any atom is -0.393 e. The second-order valence-corrected chi connectivity index (χ2v) is 7.79. The normalized spacial score (nSPS) is 30.7. The molecule has 2 nitrogen and oxygen atoms in total. The molecule has 128 valence electrons. The van der Waals surface area contributed by atoms with Crippen molar-refractivity contribution in [2.75, 3.05) is 0 Å². The zero-order valence-corrected chi connectivity index (χ0v) is 14.5. The standard InChI is InChI=1S/C21H32O2/c1-2-3-4-9-18(22)10-11-19-20-13-16-8-6-5-7-15(16)12-17(20)14-21(19)23/h5-8,17-23H,2-4,9-14H2,1H3/t17?,18-,19?,20?,21?/m0/s1. The van der Waals surface area contributed by atoms with Gasteiger partial charge in [-0.15, -0.1) is 0 Å². The van der Waals surface area contributed by atoms with Gasteiger partial charge in [-0.2, -0.15) is 0 Å². The summed E-state index contributed by atoms with van der Waals surface area (Å²) in [6, 6.07) is 8.78. The molecule has 0 spiro atoms. The summed E-state index contributed by atoms with van der Waals surface area (Å²) in [7, 11) is 0. The van der Waals surface area contributed by atoms with Crippen molar-refractivity contribution in [2.24, 2.45) is 17.8 Å². The number of aliphatic hydroxyl groups excluding tert-OH is 2. The Morgan fingerprint density at radius 3 is 2.57 bits per heavy atom. The molecule has 3 rings (SSSR count). The Kier molecular flexibility index (Phi) is 5.76. The van der Waals surface area contributed by atoms with Crippen LogP contribution in [0.2, 0.25) is 0 Å². The molecule has 1 fully saturated rings. The summed E-state index contributed by atoms with van der Waals surface area (Å²) in [6.45, 7) is 2.20. The lowest BCUT2D eigenvalue weighted by molar-refractivity contribution is 0.0870. The van der Waals surface area contributed by atoms with E-state index in [1.54, 1.807) is 0 Å². The minimum absolute atomic E-state index is 0.165. The molecule has 5 atom stereocenters. The molecule has 2 aliphatic rings. The van der Waals surface area contributed by atoms with E-state index >= 15 is 0 Å². The zero-order valence-electron chi connectivity index (χ0n) is 14.5. The van der Waals surface area contributed by atoms with Crippen molar-refractivity contribution in [3.05, 3.63) is 35.4 Å². The number of benzene rings is 1. The summed E-state index contributed by atoms with van der Waals surface area (Å²) in [5.41, 5.74) is 2.97. The van der Waals surface area contributed by atoms with E-state index < -0.39 is 0 Å². The molecule has 2 aliphatic carbocycles. The molecule has 1 aromatic rings. The highest BCUT2D eigenvalue weighted by Crippen LogP contribution is 2.46. The van der Waals surface area contributed by atoms with Crippen LogP contribution in [0.1, 0.15) is 63.0 Å². The summed E-state index contributed by atoms with van der Waals surface area (Å²) in [4.78, 5) is 0. The topological polar surface area (TPSA) is 40.5 Å². The molecule has 0 radical (unpaired) electrons. The van der Waals surface area contributed by atoms with Crippen LogP contribution in [0.5, 0.6) is 0 Å². The fourth-order valence-electron chi connectivity index (χ4n) is 4.91. The highest BCUT2D eigenvalue weighted by molar-refractivity contribution is 5.31. The van der Waals surface area contributed by atoms with Crippen LogP contribution in [-0.4, -0.2) is 22.4 Å². The molecule has 1 aromatic carbocycles. The van der Waals surface area contributed by atoms with Gasteiger partial charge < -0.3 is 10.2 Å². The molecule has 0 amide bonds. The molecule has 23 heavy (non-hydrogen) atoms. The van der Waals surface area contributed by atoms with Crippen LogP contribution in [-0.2, 0) is 12.8 Å². The van der Waals surface area contributed by atoms with Crippen LogP contribution in [0.4, 0.5) is 0 Å². The molecule has 0 aliphatic heterocycles. The minimum atomic E-state index is -0.177. The van der Waals surface area contributed by atoms with Crippen LogP contribution < -0.4 is 0 Å². The van der Waals surface area contributed by atoms with E-state index in [0.717, 1.165) is 44.9 Å². The molecular formula is C21H32O2. The monoisotopic (exact) mass is 316 g/mol. The molecule has 2 heteroatoms. The smallest absolute Gasteiger partial charge is 0.0574 e. The molecule has 1 saturated carbocycles. The Hall–Kier alpha value is -0.860. The highest BCUT2D eigenvalue weighted by atomic mass is 16.3. The van der Waals surface area contributed by atoms with Gasteiger partial charge in [0.05, 0.1) is 12.2 Å². The van der Waals surface area contributed by atoms with Crippen LogP contribution in [0.3, 0.4) is 0 Å². The van der Waals surface area contributed by atoms with Gasteiger partial charge >= 0.3 is 0 Å². The Morgan fingerprint density at radius 2 is 1.83 bits per heavy atom. The Morgan fingerprint density at radius 1 is 1.09 bits per heavy atom. The second kappa shape index (κ2) is 7.81. The summed E-state index contributed by atoms with van der Waals surface area (Å²) in [5, 5.41) is 20.7. The second-order valence-electron chi connectivity index (χ2n) is 7.79. The van der Waals surface area contributed by atoms with Gasteiger partial charge in [-0.3, -0.25) is 0 Å². The Balaban J connectivity index is 1.56. The first kappa shape index (κ1) is 17.0. The quantitative estimate of drug-likeness (QED) is 0.743. The molecule has 0 saturated heterocycles. The van der Waals surface area contributed by atoms with E-state index in [0.29, 0.717) is 17.8 Å². The zero-order chi connectivity index (χ0) is 16.2. The van der Waals surface area contributed by atoms with Crippen LogP contribution in [0, 0.1) is 17.8 Å². The molecular weight excluding hydrogens is 284 g/mol. The Labute approximate surface area is 140 Å². The SMILES string of the molecule is CCCCC[C@H](O)CCC1C(O)CC2Cc3ccccc3CC21. The van der Waals surface area contributed by atoms with E-state index in [4.69, 9.17) is 0 Å². The van der Waals surface area contributed by atoms with Crippen LogP contribution in [0.25, 0.3) is 0 Å². The van der Waals surface area contributed by atoms with Gasteiger partial charge in [0.2, 0.25) is 0 Å². The summed E-state index contributed by atoms with van der Waals surface area (Å²) >= 11 is 0. The number of rotatable bonds is 7. The number of fused-ring (bicyclic) bond motifs is 2. The largest absolute Gasteiger partial charge is 0.393 e. The van der Waals surface area contributed by atoms with Gasteiger partial charge in [0.25, 0.3) is 0 Å². The van der Waals surface area contributed by atoms with Crippen LogP contribution >= 0.6 is 0 Å². The maximum absolute atomic E-state index is 10.5. The van der Waals surface area contributed by atoms with Crippen molar-refractivity contribution in [3.8, 4) is 0 Å². The lowest BCUT2D eigenvalue weighted by atomic mass is 9.74. The first-order valence-electron chi connectivity index (χ1n) is 9.62. The average Bonchev–Trinajstić information content (AvgIpc) is 2.85. The molecule has 2 N–H and O–H groups in total. The van der Waals surface area contributed by atoms with Gasteiger partial charge in [-0.05, 0) is 67.4 Å². The van der Waals surface area contributed by atoms with Crippen molar-refractivity contribution in [1.82, 2.24) is 0 Å². The fraction of sp³-hybridized carbons (Fsp3) is 0.714. The predicted octanol–water partition coefficient (Wildman–Crippen LogP) is 4.12. The lowest BCUT2D eigenvalue weighted by Crippen LogP contribution is -2.27. The third kappa shape index (κ3) is 3.97. The number of hydrogen-bond donors (Lipinski definition) is 2. The van der Waals surface area contributed by atoms with Crippen molar-refractivity contribution in [3.63, 3.8) is 0 Å². The van der Waals surface area contributed by atoms with E-state index in [2.05, 4.69) is 31.2 Å². The highest BCUT2D eigenvalue weighted by Gasteiger charge is 2.44. The first-order valence-corrected chi connectivity index (χ1v) is 9.62. The van der Waals surface area contributed by atoms with Gasteiger partial charge in [0.15, 0.2) is 0 Å². The Bertz CT molecular complexity index is 498. The molecule has 0 heterocycles. The van der Waals surface area contributed by atoms with E-state index in [1.165, 1.54) is 24.0 Å². The lowest BCUT2D eigenvalue weighted by Gasteiger charge is -2.31. The summed E-state index contributed by atoms with van der Waals surface area (Å²) < 4.78 is 0. The number of unbranched alkanes of at least 4 members (excludes halogenated alkanes) is 2. The van der Waals surface area contributed by atoms with Gasteiger partial charge in [-0.25, -0.2) is 0 Å². The third-order valence-corrected chi connectivity index (χ3v) is 6.22. The van der Waals surface area contributed by atoms with E-state index in [1.807, 2.05) is 0 Å². The summed E-state index contributed by atoms with van der Waals surface area (Å²) in [5.74, 6) is 1.64. The molecule has 4 unspecified atom stereocenters. The van der Waals surface area contributed by atoms with E-state index in [9.17, 15) is 10.2 Å². The number of hydrogen-bond acceptors (Lipinski definition) is 2. The maximum atomic E-state index is 10.5. The van der Waals surface area contributed by atoms with E-state index in [-0.39, 0.29) is 12.2 Å². The van der Waals surface area contributed by atoms with Crippen LogP contribution in [0.15, 0.2) is 24.3 Å². The summed E-state index contributed by atoms with van der Waals surface area (Å²) in [6.07, 6.45) is 9.18. The van der Waals surface area contributed by atoms with Crippen molar-refractivity contribution in [2.45, 2.75) is 76.9 Å². The number of aliphatic hydroxyl groups is 2. The van der Waals surface area contributed by atoms with Crippen molar-refractivity contribution in [1.29, 1.82) is 0 Å². The van der Waals surface area contributed by atoms with Gasteiger partial charge in [-0.1, -0.05) is 50.5 Å². The first-order chi connectivity index (χ1) is 11.2. The van der Waals surface area contributed by atoms with Crippen molar-refractivity contribution < 1.29 is 10.2 Å². The third-order valence-electron chi connectivity index (χ3n) is 6.22. The van der Waals surface area contributed by atoms with Crippen molar-refractivity contribution >= 4 is 0 Å². The molecule has 0 bridgehead atoms. The molecule has 0 aromatic heterocycles. The average molecular weight is 316 g/mol. The predicted molar refractivity (Wildman–Crippen MR) is 94.3 cm³/mol. The fourth-order valence-corrected chi connectivity index (χ4v) is 4.91.